The molecule has 1 heterocycles. The van der Waals surface area contributed by atoms with Crippen molar-refractivity contribution in [3.63, 3.8) is 0 Å². The molecular formula is C13H18N2O. The lowest BCUT2D eigenvalue weighted by molar-refractivity contribution is -0.122. The maximum Gasteiger partial charge on any atom is 0.237 e. The Morgan fingerprint density at radius 3 is 2.81 bits per heavy atom. The Morgan fingerprint density at radius 2 is 2.19 bits per heavy atom. The smallest absolute Gasteiger partial charge is 0.237 e. The van der Waals surface area contributed by atoms with Crippen molar-refractivity contribution in [2.75, 3.05) is 6.54 Å². The van der Waals surface area contributed by atoms with Crippen molar-refractivity contribution in [2.24, 2.45) is 0 Å². The van der Waals surface area contributed by atoms with Crippen LogP contribution in [0.4, 0.5) is 0 Å². The summed E-state index contributed by atoms with van der Waals surface area (Å²) < 4.78 is 0. The van der Waals surface area contributed by atoms with Gasteiger partial charge in [-0.05, 0) is 31.9 Å². The Morgan fingerprint density at radius 1 is 1.44 bits per heavy atom. The van der Waals surface area contributed by atoms with Crippen molar-refractivity contribution in [1.29, 1.82) is 0 Å². The molecule has 0 saturated carbocycles. The second-order valence-corrected chi connectivity index (χ2v) is 4.35. The van der Waals surface area contributed by atoms with Gasteiger partial charge >= 0.3 is 0 Å². The fourth-order valence-electron chi connectivity index (χ4n) is 1.93. The molecule has 0 unspecified atom stereocenters. The summed E-state index contributed by atoms with van der Waals surface area (Å²) in [6, 6.07) is 8.26. The van der Waals surface area contributed by atoms with Crippen LogP contribution in [-0.2, 0) is 11.3 Å². The van der Waals surface area contributed by atoms with Gasteiger partial charge in [-0.1, -0.05) is 29.8 Å². The second kappa shape index (κ2) is 5.12. The lowest BCUT2D eigenvalue weighted by Crippen LogP contribution is -2.39. The second-order valence-electron chi connectivity index (χ2n) is 4.35. The first-order chi connectivity index (χ1) is 7.75. The van der Waals surface area contributed by atoms with Crippen molar-refractivity contribution in [2.45, 2.75) is 32.4 Å². The van der Waals surface area contributed by atoms with E-state index in [4.69, 9.17) is 0 Å². The SMILES string of the molecule is Cc1ccc(CNC(=O)[C@H]2CCCN2)cc1. The standard InChI is InChI=1S/C13H18N2O/c1-10-4-6-11(7-5-10)9-15-13(16)12-3-2-8-14-12/h4-7,12,14H,2-3,8-9H2,1H3,(H,15,16)/t12-/m1/s1. The third-order valence-electron chi connectivity index (χ3n) is 2.96. The van der Waals surface area contributed by atoms with E-state index in [1.54, 1.807) is 0 Å². The zero-order chi connectivity index (χ0) is 11.4. The van der Waals surface area contributed by atoms with Gasteiger partial charge in [-0.2, -0.15) is 0 Å². The van der Waals surface area contributed by atoms with Crippen LogP contribution in [0.3, 0.4) is 0 Å². The Kier molecular flexibility index (Phi) is 3.57. The van der Waals surface area contributed by atoms with Crippen LogP contribution in [0, 0.1) is 6.92 Å². The molecule has 1 atom stereocenters. The highest BCUT2D eigenvalue weighted by molar-refractivity contribution is 5.81. The maximum atomic E-state index is 11.7. The van der Waals surface area contributed by atoms with Gasteiger partial charge in [0.1, 0.15) is 0 Å². The predicted molar refractivity (Wildman–Crippen MR) is 64.1 cm³/mol. The van der Waals surface area contributed by atoms with E-state index in [0.717, 1.165) is 24.9 Å². The molecule has 3 nitrogen and oxygen atoms in total. The molecule has 1 fully saturated rings. The van der Waals surface area contributed by atoms with Crippen LogP contribution >= 0.6 is 0 Å². The summed E-state index contributed by atoms with van der Waals surface area (Å²) >= 11 is 0. The van der Waals surface area contributed by atoms with Gasteiger partial charge in [0.05, 0.1) is 6.04 Å². The van der Waals surface area contributed by atoms with Crippen molar-refractivity contribution in [3.05, 3.63) is 35.4 Å². The van der Waals surface area contributed by atoms with Crippen molar-refractivity contribution < 1.29 is 4.79 Å². The molecule has 1 saturated heterocycles. The first kappa shape index (κ1) is 11.1. The van der Waals surface area contributed by atoms with E-state index in [0.29, 0.717) is 6.54 Å². The van der Waals surface area contributed by atoms with E-state index < -0.39 is 0 Å². The summed E-state index contributed by atoms with van der Waals surface area (Å²) in [6.07, 6.45) is 2.06. The molecule has 0 spiro atoms. The van der Waals surface area contributed by atoms with E-state index >= 15 is 0 Å². The van der Waals surface area contributed by atoms with Crippen molar-refractivity contribution in [3.8, 4) is 0 Å². The Hall–Kier alpha value is -1.35. The van der Waals surface area contributed by atoms with Gasteiger partial charge in [0.25, 0.3) is 0 Å². The molecule has 1 aromatic rings. The number of carbonyl (C=O) groups excluding carboxylic acids is 1. The number of benzene rings is 1. The topological polar surface area (TPSA) is 41.1 Å². The zero-order valence-corrected chi connectivity index (χ0v) is 9.62. The number of rotatable bonds is 3. The summed E-state index contributed by atoms with van der Waals surface area (Å²) in [5.74, 6) is 0.123. The average Bonchev–Trinajstić information content (AvgIpc) is 2.81. The van der Waals surface area contributed by atoms with E-state index in [1.807, 2.05) is 0 Å². The molecule has 0 radical (unpaired) electrons. The molecule has 0 bridgehead atoms. The number of nitrogens with one attached hydrogen (secondary N) is 2. The predicted octanol–water partition coefficient (Wildman–Crippen LogP) is 1.36. The quantitative estimate of drug-likeness (QED) is 0.804. The molecule has 3 heteroatoms. The van der Waals surface area contributed by atoms with Crippen LogP contribution in [0.5, 0.6) is 0 Å². The summed E-state index contributed by atoms with van der Waals surface area (Å²) in [5, 5.41) is 6.15. The fourth-order valence-corrected chi connectivity index (χ4v) is 1.93. The van der Waals surface area contributed by atoms with Crippen molar-refractivity contribution in [1.82, 2.24) is 10.6 Å². The highest BCUT2D eigenvalue weighted by Crippen LogP contribution is 2.06. The molecule has 0 aliphatic carbocycles. The number of hydrogen-bond acceptors (Lipinski definition) is 2. The van der Waals surface area contributed by atoms with Gasteiger partial charge in [0, 0.05) is 6.54 Å². The molecule has 1 aliphatic rings. The zero-order valence-electron chi connectivity index (χ0n) is 9.62. The minimum absolute atomic E-state index is 0.0189. The number of amides is 1. The molecule has 86 valence electrons. The largest absolute Gasteiger partial charge is 0.351 e. The lowest BCUT2D eigenvalue weighted by Gasteiger charge is -2.11. The lowest BCUT2D eigenvalue weighted by atomic mass is 10.1. The van der Waals surface area contributed by atoms with Crippen LogP contribution in [0.15, 0.2) is 24.3 Å². The molecule has 16 heavy (non-hydrogen) atoms. The van der Waals surface area contributed by atoms with Gasteiger partial charge in [-0.3, -0.25) is 4.79 Å². The molecule has 1 amide bonds. The van der Waals surface area contributed by atoms with Crippen LogP contribution < -0.4 is 10.6 Å². The van der Waals surface area contributed by atoms with Crippen LogP contribution in [0.25, 0.3) is 0 Å². The van der Waals surface area contributed by atoms with Gasteiger partial charge in [-0.15, -0.1) is 0 Å². The van der Waals surface area contributed by atoms with Crippen molar-refractivity contribution >= 4 is 5.91 Å². The van der Waals surface area contributed by atoms with Crippen LogP contribution in [-0.4, -0.2) is 18.5 Å². The minimum Gasteiger partial charge on any atom is -0.351 e. The first-order valence-electron chi connectivity index (χ1n) is 5.82. The molecule has 1 aliphatic heterocycles. The van der Waals surface area contributed by atoms with E-state index in [-0.39, 0.29) is 11.9 Å². The van der Waals surface area contributed by atoms with Gasteiger partial charge in [0.2, 0.25) is 5.91 Å². The minimum atomic E-state index is 0.0189. The maximum absolute atomic E-state index is 11.7. The number of carbonyl (C=O) groups is 1. The van der Waals surface area contributed by atoms with Gasteiger partial charge < -0.3 is 10.6 Å². The molecule has 2 N–H and O–H groups in total. The van der Waals surface area contributed by atoms with Crippen LogP contribution in [0.1, 0.15) is 24.0 Å². The first-order valence-corrected chi connectivity index (χ1v) is 5.82. The summed E-state index contributed by atoms with van der Waals surface area (Å²) in [7, 11) is 0. The number of hydrogen-bond donors (Lipinski definition) is 2. The highest BCUT2D eigenvalue weighted by atomic mass is 16.2. The normalized spacial score (nSPS) is 19.7. The summed E-state index contributed by atoms with van der Waals surface area (Å²) in [5.41, 5.74) is 2.39. The third-order valence-corrected chi connectivity index (χ3v) is 2.96. The number of aryl methyl sites for hydroxylation is 1. The van der Waals surface area contributed by atoms with E-state index in [9.17, 15) is 4.79 Å². The molecule has 2 rings (SSSR count). The van der Waals surface area contributed by atoms with E-state index in [1.165, 1.54) is 5.56 Å². The third kappa shape index (κ3) is 2.83. The molecule has 1 aromatic carbocycles. The monoisotopic (exact) mass is 218 g/mol. The highest BCUT2D eigenvalue weighted by Gasteiger charge is 2.21. The van der Waals surface area contributed by atoms with Crippen LogP contribution in [0.2, 0.25) is 0 Å². The fraction of sp³-hybridized carbons (Fsp3) is 0.462. The Balaban J connectivity index is 1.82. The van der Waals surface area contributed by atoms with Gasteiger partial charge in [-0.25, -0.2) is 0 Å². The van der Waals surface area contributed by atoms with Gasteiger partial charge in [0.15, 0.2) is 0 Å². The Bertz CT molecular complexity index is 353. The Labute approximate surface area is 96.2 Å². The summed E-state index contributed by atoms with van der Waals surface area (Å²) in [6.45, 7) is 3.64. The molecule has 0 aromatic heterocycles. The average molecular weight is 218 g/mol. The molecular weight excluding hydrogens is 200 g/mol. The summed E-state index contributed by atoms with van der Waals surface area (Å²) in [4.78, 5) is 11.7. The van der Waals surface area contributed by atoms with E-state index in [2.05, 4.69) is 41.8 Å².